The second-order valence-electron chi connectivity index (χ2n) is 7.16. The van der Waals surface area contributed by atoms with Crippen LogP contribution in [0.1, 0.15) is 42.9 Å². The summed E-state index contributed by atoms with van der Waals surface area (Å²) >= 11 is 0. The molecule has 1 N–H and O–H groups in total. The van der Waals surface area contributed by atoms with Gasteiger partial charge in [-0.1, -0.05) is 18.2 Å². The molecule has 136 valence electrons. The molecular weight excluding hydrogens is 324 g/mol. The van der Waals surface area contributed by atoms with Crippen LogP contribution in [0.15, 0.2) is 42.6 Å². The summed E-state index contributed by atoms with van der Waals surface area (Å²) in [4.78, 5) is 14.3. The molecule has 4 rings (SSSR count). The summed E-state index contributed by atoms with van der Waals surface area (Å²) < 4.78 is 1.93. The maximum absolute atomic E-state index is 12.4. The van der Waals surface area contributed by atoms with Gasteiger partial charge in [0.15, 0.2) is 0 Å². The van der Waals surface area contributed by atoms with Gasteiger partial charge in [0.1, 0.15) is 0 Å². The van der Waals surface area contributed by atoms with Crippen molar-refractivity contribution < 1.29 is 4.79 Å². The second kappa shape index (κ2) is 7.87. The average molecular weight is 350 g/mol. The van der Waals surface area contributed by atoms with Crippen LogP contribution in [0.25, 0.3) is 11.8 Å². The van der Waals surface area contributed by atoms with Crippen LogP contribution in [-0.2, 0) is 4.79 Å². The number of nitrogens with zero attached hydrogens (tertiary/aromatic N) is 3. The van der Waals surface area contributed by atoms with Gasteiger partial charge in [0.2, 0.25) is 5.91 Å². The first-order chi connectivity index (χ1) is 12.8. The largest absolute Gasteiger partial charge is 0.339 e. The van der Waals surface area contributed by atoms with E-state index in [1.54, 1.807) is 6.08 Å². The van der Waals surface area contributed by atoms with E-state index in [0.717, 1.165) is 62.4 Å². The SMILES string of the molecule is O=C(/C=C/c1cn(-c2ccccc2)nc1C1CCCNC1)N1CCCC1. The van der Waals surface area contributed by atoms with Crippen molar-refractivity contribution in [3.63, 3.8) is 0 Å². The number of benzene rings is 1. The molecule has 1 aromatic heterocycles. The first kappa shape index (κ1) is 17.0. The number of hydrogen-bond donors (Lipinski definition) is 1. The third-order valence-electron chi connectivity index (χ3n) is 5.30. The third kappa shape index (κ3) is 3.73. The molecule has 5 heteroatoms. The molecule has 0 radical (unpaired) electrons. The molecule has 2 aliphatic heterocycles. The van der Waals surface area contributed by atoms with E-state index in [-0.39, 0.29) is 5.91 Å². The summed E-state index contributed by atoms with van der Waals surface area (Å²) in [6, 6.07) is 10.2. The van der Waals surface area contributed by atoms with E-state index >= 15 is 0 Å². The Kier molecular flexibility index (Phi) is 5.16. The Morgan fingerprint density at radius 2 is 1.96 bits per heavy atom. The zero-order valence-corrected chi connectivity index (χ0v) is 15.1. The minimum absolute atomic E-state index is 0.114. The fourth-order valence-corrected chi connectivity index (χ4v) is 3.85. The van der Waals surface area contributed by atoms with Crippen LogP contribution in [0.4, 0.5) is 0 Å². The summed E-state index contributed by atoms with van der Waals surface area (Å²) in [6.45, 7) is 3.79. The molecule has 0 bridgehead atoms. The highest BCUT2D eigenvalue weighted by molar-refractivity contribution is 5.92. The molecule has 1 unspecified atom stereocenters. The van der Waals surface area contributed by atoms with Gasteiger partial charge in [-0.05, 0) is 50.4 Å². The number of nitrogens with one attached hydrogen (secondary N) is 1. The van der Waals surface area contributed by atoms with E-state index in [1.165, 1.54) is 6.42 Å². The summed E-state index contributed by atoms with van der Waals surface area (Å²) in [5.74, 6) is 0.512. The lowest BCUT2D eigenvalue weighted by atomic mass is 9.94. The Balaban J connectivity index is 1.62. The standard InChI is InChI=1S/C21H26N4O/c26-20(24-13-4-5-14-24)11-10-18-16-25(19-8-2-1-3-9-19)23-21(18)17-7-6-12-22-15-17/h1-3,8-11,16-17,22H,4-7,12-15H2/b11-10+. The maximum Gasteiger partial charge on any atom is 0.246 e. The van der Waals surface area contributed by atoms with Gasteiger partial charge in [-0.2, -0.15) is 5.10 Å². The van der Waals surface area contributed by atoms with Crippen LogP contribution in [0.2, 0.25) is 0 Å². The van der Waals surface area contributed by atoms with E-state index in [4.69, 9.17) is 5.10 Å². The molecule has 0 saturated carbocycles. The van der Waals surface area contributed by atoms with Crippen LogP contribution in [0.5, 0.6) is 0 Å². The molecule has 2 fully saturated rings. The Hall–Kier alpha value is -2.40. The van der Waals surface area contributed by atoms with Crippen LogP contribution < -0.4 is 5.32 Å². The van der Waals surface area contributed by atoms with Gasteiger partial charge in [0.25, 0.3) is 0 Å². The van der Waals surface area contributed by atoms with E-state index in [1.807, 2.05) is 40.1 Å². The molecule has 1 atom stereocenters. The smallest absolute Gasteiger partial charge is 0.246 e. The quantitative estimate of drug-likeness (QED) is 0.863. The Bertz CT molecular complexity index is 769. The molecule has 3 heterocycles. The van der Waals surface area contributed by atoms with Gasteiger partial charge in [-0.15, -0.1) is 0 Å². The van der Waals surface area contributed by atoms with Crippen molar-refractivity contribution in [3.05, 3.63) is 53.9 Å². The predicted molar refractivity (Wildman–Crippen MR) is 103 cm³/mol. The van der Waals surface area contributed by atoms with Gasteiger partial charge in [-0.25, -0.2) is 4.68 Å². The average Bonchev–Trinajstić information content (AvgIpc) is 3.38. The van der Waals surface area contributed by atoms with Gasteiger partial charge in [0.05, 0.1) is 11.4 Å². The van der Waals surface area contributed by atoms with Crippen molar-refractivity contribution in [3.8, 4) is 5.69 Å². The van der Waals surface area contributed by atoms with Gasteiger partial charge >= 0.3 is 0 Å². The summed E-state index contributed by atoms with van der Waals surface area (Å²) in [7, 11) is 0. The van der Waals surface area contributed by atoms with Gasteiger partial charge < -0.3 is 10.2 Å². The molecule has 2 saturated heterocycles. The molecule has 1 aromatic carbocycles. The van der Waals surface area contributed by atoms with Crippen molar-refractivity contribution in [2.75, 3.05) is 26.2 Å². The normalized spacial score (nSPS) is 20.8. The van der Waals surface area contributed by atoms with Gasteiger partial charge in [0, 0.05) is 43.4 Å². The molecular formula is C21H26N4O. The highest BCUT2D eigenvalue weighted by atomic mass is 16.2. The highest BCUT2D eigenvalue weighted by Gasteiger charge is 2.22. The van der Waals surface area contributed by atoms with Crippen molar-refractivity contribution in [1.29, 1.82) is 0 Å². The minimum atomic E-state index is 0.114. The van der Waals surface area contributed by atoms with Crippen molar-refractivity contribution in [1.82, 2.24) is 20.0 Å². The number of para-hydroxylation sites is 1. The van der Waals surface area contributed by atoms with Crippen LogP contribution in [0.3, 0.4) is 0 Å². The monoisotopic (exact) mass is 350 g/mol. The number of aromatic nitrogens is 2. The molecule has 2 aliphatic rings. The maximum atomic E-state index is 12.4. The predicted octanol–water partition coefficient (Wildman–Crippen LogP) is 2.97. The molecule has 2 aromatic rings. The van der Waals surface area contributed by atoms with Crippen molar-refractivity contribution in [2.24, 2.45) is 0 Å². The number of piperidine rings is 1. The topological polar surface area (TPSA) is 50.2 Å². The lowest BCUT2D eigenvalue weighted by Crippen LogP contribution is -2.29. The highest BCUT2D eigenvalue weighted by Crippen LogP contribution is 2.27. The number of amides is 1. The fraction of sp³-hybridized carbons (Fsp3) is 0.429. The molecule has 26 heavy (non-hydrogen) atoms. The number of rotatable bonds is 4. The number of likely N-dealkylation sites (tertiary alicyclic amines) is 1. The fourth-order valence-electron chi connectivity index (χ4n) is 3.85. The van der Waals surface area contributed by atoms with Gasteiger partial charge in [-0.3, -0.25) is 4.79 Å². The van der Waals surface area contributed by atoms with Crippen molar-refractivity contribution >= 4 is 12.0 Å². The number of carbonyl (C=O) groups excluding carboxylic acids is 1. The lowest BCUT2D eigenvalue weighted by molar-refractivity contribution is -0.124. The Morgan fingerprint density at radius 1 is 1.15 bits per heavy atom. The first-order valence-corrected chi connectivity index (χ1v) is 9.64. The zero-order valence-electron chi connectivity index (χ0n) is 15.1. The number of carbonyl (C=O) groups is 1. The van der Waals surface area contributed by atoms with E-state index in [2.05, 4.69) is 17.4 Å². The molecule has 5 nitrogen and oxygen atoms in total. The molecule has 1 amide bonds. The summed E-state index contributed by atoms with van der Waals surface area (Å²) in [5.41, 5.74) is 3.18. The van der Waals surface area contributed by atoms with Crippen LogP contribution >= 0.6 is 0 Å². The lowest BCUT2D eigenvalue weighted by Gasteiger charge is -2.21. The minimum Gasteiger partial charge on any atom is -0.339 e. The Morgan fingerprint density at radius 3 is 2.69 bits per heavy atom. The summed E-state index contributed by atoms with van der Waals surface area (Å²) in [6.07, 6.45) is 10.3. The third-order valence-corrected chi connectivity index (χ3v) is 5.30. The molecule has 0 aliphatic carbocycles. The molecule has 0 spiro atoms. The summed E-state index contributed by atoms with van der Waals surface area (Å²) in [5, 5.41) is 8.35. The Labute approximate surface area is 154 Å². The van der Waals surface area contributed by atoms with E-state index in [0.29, 0.717) is 5.92 Å². The first-order valence-electron chi connectivity index (χ1n) is 9.64. The van der Waals surface area contributed by atoms with E-state index in [9.17, 15) is 4.79 Å². The zero-order chi connectivity index (χ0) is 17.8. The van der Waals surface area contributed by atoms with Crippen molar-refractivity contribution in [2.45, 2.75) is 31.6 Å². The van der Waals surface area contributed by atoms with Crippen LogP contribution in [0, 0.1) is 0 Å². The van der Waals surface area contributed by atoms with Crippen LogP contribution in [-0.4, -0.2) is 46.8 Å². The number of hydrogen-bond acceptors (Lipinski definition) is 3. The second-order valence-corrected chi connectivity index (χ2v) is 7.16. The van der Waals surface area contributed by atoms with E-state index < -0.39 is 0 Å².